The van der Waals surface area contributed by atoms with Gasteiger partial charge in [0.2, 0.25) is 0 Å². The minimum absolute atomic E-state index is 1.05. The molecule has 0 saturated heterocycles. The molecule has 2 aromatic rings. The van der Waals surface area contributed by atoms with Crippen molar-refractivity contribution >= 4 is 10.8 Å². The number of benzene rings is 2. The van der Waals surface area contributed by atoms with Crippen LogP contribution < -0.4 is 0 Å². The van der Waals surface area contributed by atoms with Gasteiger partial charge in [0.15, 0.2) is 0 Å². The summed E-state index contributed by atoms with van der Waals surface area (Å²) in [6.07, 6.45) is 21.2. The van der Waals surface area contributed by atoms with Gasteiger partial charge in [0.05, 0.1) is 0 Å². The molecule has 0 saturated carbocycles. The highest BCUT2D eigenvalue weighted by Gasteiger charge is 1.97. The summed E-state index contributed by atoms with van der Waals surface area (Å²) < 4.78 is 0. The van der Waals surface area contributed by atoms with E-state index in [1.54, 1.807) is 0 Å². The van der Waals surface area contributed by atoms with Gasteiger partial charge in [0.25, 0.3) is 0 Å². The first-order chi connectivity index (χ1) is 12.4. The molecule has 0 aromatic heterocycles. The average Bonchev–Trinajstić information content (AvgIpc) is 2.65. The third kappa shape index (κ3) is 7.90. The summed E-state index contributed by atoms with van der Waals surface area (Å²) >= 11 is 0. The summed E-state index contributed by atoms with van der Waals surface area (Å²) in [6, 6.07) is 15.3. The zero-order chi connectivity index (χ0) is 17.6. The van der Waals surface area contributed by atoms with Crippen LogP contribution >= 0.6 is 0 Å². The van der Waals surface area contributed by atoms with E-state index in [0.29, 0.717) is 0 Å². The lowest BCUT2D eigenvalue weighted by atomic mass is 10.0. The van der Waals surface area contributed by atoms with Crippen molar-refractivity contribution in [3.05, 3.63) is 60.2 Å². The van der Waals surface area contributed by atoms with Gasteiger partial charge in [-0.25, -0.2) is 0 Å². The molecule has 0 N–H and O–H groups in total. The van der Waals surface area contributed by atoms with Crippen LogP contribution in [0.2, 0.25) is 0 Å². The van der Waals surface area contributed by atoms with Crippen LogP contribution in [0.5, 0.6) is 0 Å². The largest absolute Gasteiger partial charge is 0.0882 e. The number of fused-ring (bicyclic) bond motifs is 1. The van der Waals surface area contributed by atoms with Crippen molar-refractivity contribution in [1.29, 1.82) is 0 Å². The van der Waals surface area contributed by atoms with E-state index in [4.69, 9.17) is 0 Å². The Bertz CT molecular complexity index is 603. The summed E-state index contributed by atoms with van der Waals surface area (Å²) in [7, 11) is 0. The van der Waals surface area contributed by atoms with Crippen LogP contribution in [0.15, 0.2) is 54.6 Å². The quantitative estimate of drug-likeness (QED) is 0.255. The monoisotopic (exact) mass is 336 g/mol. The number of rotatable bonds is 13. The molecule has 0 radical (unpaired) electrons. The van der Waals surface area contributed by atoms with E-state index in [1.807, 2.05) is 0 Å². The molecule has 0 spiro atoms. The van der Waals surface area contributed by atoms with Crippen LogP contribution in [0.3, 0.4) is 0 Å². The molecule has 0 nitrogen and oxygen atoms in total. The Hall–Kier alpha value is -1.56. The SMILES string of the molecule is CCCCCCCCCCCC/C=C/Cc1cccc2ccccc12. The van der Waals surface area contributed by atoms with Crippen molar-refractivity contribution in [2.75, 3.05) is 0 Å². The summed E-state index contributed by atoms with van der Waals surface area (Å²) in [5.41, 5.74) is 1.44. The van der Waals surface area contributed by atoms with Gasteiger partial charge in [-0.3, -0.25) is 0 Å². The minimum atomic E-state index is 1.05. The van der Waals surface area contributed by atoms with Crippen molar-refractivity contribution in [3.8, 4) is 0 Å². The van der Waals surface area contributed by atoms with E-state index in [0.717, 1.165) is 6.42 Å². The maximum absolute atomic E-state index is 2.38. The maximum Gasteiger partial charge on any atom is -0.00913 e. The maximum atomic E-state index is 2.38. The lowest BCUT2D eigenvalue weighted by Crippen LogP contribution is -1.84. The van der Waals surface area contributed by atoms with Crippen molar-refractivity contribution in [1.82, 2.24) is 0 Å². The molecule has 0 unspecified atom stereocenters. The Kier molecular flexibility index (Phi) is 10.1. The van der Waals surface area contributed by atoms with Crippen LogP contribution in [-0.4, -0.2) is 0 Å². The fourth-order valence-corrected chi connectivity index (χ4v) is 3.55. The molecule has 0 aliphatic heterocycles. The lowest BCUT2D eigenvalue weighted by molar-refractivity contribution is 0.557. The topological polar surface area (TPSA) is 0 Å². The molecule has 0 fully saturated rings. The van der Waals surface area contributed by atoms with Crippen LogP contribution in [-0.2, 0) is 6.42 Å². The second-order valence-corrected chi connectivity index (χ2v) is 7.28. The number of hydrogen-bond donors (Lipinski definition) is 0. The fraction of sp³-hybridized carbons (Fsp3) is 0.520. The summed E-state index contributed by atoms with van der Waals surface area (Å²) in [5.74, 6) is 0. The first kappa shape index (κ1) is 19.8. The Morgan fingerprint density at radius 2 is 1.28 bits per heavy atom. The van der Waals surface area contributed by atoms with Crippen molar-refractivity contribution in [2.24, 2.45) is 0 Å². The van der Waals surface area contributed by atoms with Crippen LogP contribution in [0, 0.1) is 0 Å². The predicted molar refractivity (Wildman–Crippen MR) is 113 cm³/mol. The van der Waals surface area contributed by atoms with Gasteiger partial charge >= 0.3 is 0 Å². The van der Waals surface area contributed by atoms with Gasteiger partial charge < -0.3 is 0 Å². The van der Waals surface area contributed by atoms with Gasteiger partial charge in [-0.2, -0.15) is 0 Å². The van der Waals surface area contributed by atoms with Crippen LogP contribution in [0.25, 0.3) is 10.8 Å². The van der Waals surface area contributed by atoms with E-state index in [-0.39, 0.29) is 0 Å². The van der Waals surface area contributed by atoms with Gasteiger partial charge in [0, 0.05) is 0 Å². The molecule has 0 atom stereocenters. The highest BCUT2D eigenvalue weighted by atomic mass is 14.0. The van der Waals surface area contributed by atoms with Gasteiger partial charge in [0.1, 0.15) is 0 Å². The van der Waals surface area contributed by atoms with Gasteiger partial charge in [-0.1, -0.05) is 119 Å². The number of unbranched alkanes of at least 4 members (excludes halogenated alkanes) is 10. The lowest BCUT2D eigenvalue weighted by Gasteiger charge is -2.03. The fourth-order valence-electron chi connectivity index (χ4n) is 3.55. The third-order valence-electron chi connectivity index (χ3n) is 5.11. The molecule has 25 heavy (non-hydrogen) atoms. The van der Waals surface area contributed by atoms with Crippen LogP contribution in [0.1, 0.15) is 83.1 Å². The van der Waals surface area contributed by atoms with Gasteiger partial charge in [-0.15, -0.1) is 0 Å². The third-order valence-corrected chi connectivity index (χ3v) is 5.11. The second-order valence-electron chi connectivity index (χ2n) is 7.28. The Labute approximate surface area is 155 Å². The first-order valence-corrected chi connectivity index (χ1v) is 10.5. The Balaban J connectivity index is 1.52. The number of allylic oxidation sites excluding steroid dienone is 2. The Morgan fingerprint density at radius 3 is 2.04 bits per heavy atom. The average molecular weight is 337 g/mol. The first-order valence-electron chi connectivity index (χ1n) is 10.5. The van der Waals surface area contributed by atoms with Crippen molar-refractivity contribution in [2.45, 2.75) is 84.0 Å². The molecule has 0 bridgehead atoms. The van der Waals surface area contributed by atoms with E-state index in [9.17, 15) is 0 Å². The van der Waals surface area contributed by atoms with Crippen molar-refractivity contribution in [3.63, 3.8) is 0 Å². The summed E-state index contributed by atoms with van der Waals surface area (Å²) in [6.45, 7) is 2.29. The molecule has 0 aliphatic carbocycles. The molecule has 136 valence electrons. The zero-order valence-corrected chi connectivity index (χ0v) is 16.2. The summed E-state index contributed by atoms with van der Waals surface area (Å²) in [4.78, 5) is 0. The van der Waals surface area contributed by atoms with Crippen molar-refractivity contribution < 1.29 is 0 Å². The minimum Gasteiger partial charge on any atom is -0.0882 e. The number of hydrogen-bond acceptors (Lipinski definition) is 0. The van der Waals surface area contributed by atoms with E-state index >= 15 is 0 Å². The molecular weight excluding hydrogens is 300 g/mol. The summed E-state index contributed by atoms with van der Waals surface area (Å²) in [5, 5.41) is 2.75. The van der Waals surface area contributed by atoms with Crippen LogP contribution in [0.4, 0.5) is 0 Å². The molecule has 0 amide bonds. The van der Waals surface area contributed by atoms with E-state index in [1.165, 1.54) is 87.0 Å². The second kappa shape index (κ2) is 12.8. The molecule has 2 rings (SSSR count). The highest BCUT2D eigenvalue weighted by Crippen LogP contribution is 2.19. The standard InChI is InChI=1S/C25H36/c1-2-3-4-5-6-7-8-9-10-11-12-13-14-18-23-20-17-21-24-19-15-16-22-25(23)24/h13-17,19-22H,2-12,18H2,1H3/b14-13+. The smallest absolute Gasteiger partial charge is 0.00913 e. The van der Waals surface area contributed by atoms with E-state index in [2.05, 4.69) is 61.5 Å². The molecular formula is C25H36. The van der Waals surface area contributed by atoms with E-state index < -0.39 is 0 Å². The predicted octanol–water partition coefficient (Wildman–Crippen LogP) is 8.25. The normalized spacial score (nSPS) is 11.6. The van der Waals surface area contributed by atoms with Gasteiger partial charge in [-0.05, 0) is 35.6 Å². The molecule has 2 aromatic carbocycles. The molecule has 0 aliphatic rings. The molecule has 0 heteroatoms. The highest BCUT2D eigenvalue weighted by molar-refractivity contribution is 5.85. The zero-order valence-electron chi connectivity index (χ0n) is 16.2. The molecule has 0 heterocycles. The Morgan fingerprint density at radius 1 is 0.640 bits per heavy atom.